The summed E-state index contributed by atoms with van der Waals surface area (Å²) in [6.07, 6.45) is 1.38. The van der Waals surface area contributed by atoms with Gasteiger partial charge in [0.15, 0.2) is 23.1 Å². The summed E-state index contributed by atoms with van der Waals surface area (Å²) in [5, 5.41) is -0.459. The van der Waals surface area contributed by atoms with Crippen LogP contribution in [0, 0.1) is 11.6 Å². The highest BCUT2D eigenvalue weighted by Gasteiger charge is 2.25. The first-order valence-electron chi connectivity index (χ1n) is 7.03. The Bertz CT molecular complexity index is 879. The summed E-state index contributed by atoms with van der Waals surface area (Å²) in [7, 11) is 1.20. The van der Waals surface area contributed by atoms with Gasteiger partial charge in [-0.3, -0.25) is 9.63 Å². The first-order valence-corrected chi connectivity index (χ1v) is 7.78. The molecule has 138 valence electrons. The zero-order valence-electron chi connectivity index (χ0n) is 13.4. The van der Waals surface area contributed by atoms with Crippen molar-refractivity contribution < 1.29 is 23.1 Å². The molecule has 26 heavy (non-hydrogen) atoms. The second-order valence-electron chi connectivity index (χ2n) is 4.82. The van der Waals surface area contributed by atoms with Gasteiger partial charge in [-0.15, -0.1) is 6.58 Å². The molecule has 0 aliphatic carbocycles. The largest absolute Gasteiger partial charge is 0.492 e. The Morgan fingerprint density at radius 2 is 2.08 bits per heavy atom. The summed E-state index contributed by atoms with van der Waals surface area (Å²) in [6.45, 7) is 3.42. The second-order valence-corrected chi connectivity index (χ2v) is 5.61. The van der Waals surface area contributed by atoms with E-state index in [1.807, 2.05) is 5.48 Å². The van der Waals surface area contributed by atoms with Crippen LogP contribution in [0.25, 0.3) is 11.3 Å². The number of aromatic nitrogens is 1. The first kappa shape index (κ1) is 19.9. The average Bonchev–Trinajstić information content (AvgIpc) is 2.61. The molecule has 0 aliphatic rings. The summed E-state index contributed by atoms with van der Waals surface area (Å²) in [4.78, 5) is 20.7. The number of hydrogen-bond acceptors (Lipinski definition) is 5. The zero-order chi connectivity index (χ0) is 19.4. The molecule has 0 unspecified atom stereocenters. The molecule has 10 heteroatoms. The highest BCUT2D eigenvalue weighted by molar-refractivity contribution is 6.36. The molecule has 0 aliphatic heterocycles. The standard InChI is InChI=1S/C16H13Cl2F2N3O3/c1-3-6-26-23-16(24)14-9(18)12(21)11(20)13(22-14)7-4-5-8(17)15(25-2)10(7)19/h3-5H,1,6H2,2H3,(H2,21,22)(H,23,24). The summed E-state index contributed by atoms with van der Waals surface area (Å²) >= 11 is 11.7. The molecule has 2 rings (SSSR count). The molecular weight excluding hydrogens is 391 g/mol. The molecule has 0 saturated carbocycles. The normalized spacial score (nSPS) is 10.5. The second kappa shape index (κ2) is 8.31. The van der Waals surface area contributed by atoms with Crippen LogP contribution in [0.1, 0.15) is 10.5 Å². The van der Waals surface area contributed by atoms with Crippen molar-refractivity contribution in [1.29, 1.82) is 0 Å². The number of halogens is 4. The van der Waals surface area contributed by atoms with Crippen molar-refractivity contribution in [3.8, 4) is 17.0 Å². The van der Waals surface area contributed by atoms with Gasteiger partial charge in [-0.25, -0.2) is 19.2 Å². The van der Waals surface area contributed by atoms with Crippen molar-refractivity contribution in [2.45, 2.75) is 0 Å². The Morgan fingerprint density at radius 1 is 1.38 bits per heavy atom. The van der Waals surface area contributed by atoms with Gasteiger partial charge < -0.3 is 10.5 Å². The average molecular weight is 404 g/mol. The topological polar surface area (TPSA) is 86.5 Å². The molecule has 0 bridgehead atoms. The van der Waals surface area contributed by atoms with E-state index in [2.05, 4.69) is 11.6 Å². The number of nitrogens with one attached hydrogen (secondary N) is 1. The van der Waals surface area contributed by atoms with E-state index >= 15 is 0 Å². The lowest BCUT2D eigenvalue weighted by molar-refractivity contribution is 0.0417. The molecule has 0 fully saturated rings. The van der Waals surface area contributed by atoms with E-state index in [0.29, 0.717) is 0 Å². The first-order chi connectivity index (χ1) is 12.3. The number of hydroxylamine groups is 1. The Labute approximate surface area is 157 Å². The number of methoxy groups -OCH3 is 1. The summed E-state index contributed by atoms with van der Waals surface area (Å²) in [5.74, 6) is -3.27. The predicted molar refractivity (Wildman–Crippen MR) is 94.2 cm³/mol. The minimum atomic E-state index is -1.10. The van der Waals surface area contributed by atoms with Crippen LogP contribution in [-0.4, -0.2) is 24.6 Å². The smallest absolute Gasteiger partial charge is 0.295 e. The van der Waals surface area contributed by atoms with Gasteiger partial charge in [0, 0.05) is 5.56 Å². The Morgan fingerprint density at radius 3 is 2.69 bits per heavy atom. The van der Waals surface area contributed by atoms with E-state index in [4.69, 9.17) is 38.5 Å². The lowest BCUT2D eigenvalue weighted by Gasteiger charge is -2.13. The number of nitrogens with two attached hydrogens (primary N) is 1. The lowest BCUT2D eigenvalue weighted by Crippen LogP contribution is -2.26. The van der Waals surface area contributed by atoms with Crippen molar-refractivity contribution in [2.24, 2.45) is 0 Å². The fourth-order valence-electron chi connectivity index (χ4n) is 2.01. The molecule has 0 saturated heterocycles. The fourth-order valence-corrected chi connectivity index (χ4v) is 2.44. The van der Waals surface area contributed by atoms with Crippen molar-refractivity contribution in [1.82, 2.24) is 10.5 Å². The van der Waals surface area contributed by atoms with Gasteiger partial charge in [0.1, 0.15) is 5.69 Å². The van der Waals surface area contributed by atoms with Crippen LogP contribution in [0.3, 0.4) is 0 Å². The van der Waals surface area contributed by atoms with Crippen LogP contribution in [0.2, 0.25) is 10.0 Å². The number of ether oxygens (including phenoxy) is 1. The number of nitrogen functional groups attached to an aromatic ring is 1. The third-order valence-corrected chi connectivity index (χ3v) is 3.88. The van der Waals surface area contributed by atoms with E-state index < -0.39 is 39.6 Å². The number of pyridine rings is 1. The number of hydrogen-bond donors (Lipinski definition) is 2. The maximum absolute atomic E-state index is 14.6. The fraction of sp³-hybridized carbons (Fsp3) is 0.125. The highest BCUT2D eigenvalue weighted by Crippen LogP contribution is 2.38. The van der Waals surface area contributed by atoms with Crippen LogP contribution < -0.4 is 16.0 Å². The van der Waals surface area contributed by atoms with Crippen molar-refractivity contribution in [2.75, 3.05) is 19.5 Å². The van der Waals surface area contributed by atoms with Crippen LogP contribution in [0.4, 0.5) is 14.5 Å². The number of benzene rings is 1. The van der Waals surface area contributed by atoms with Gasteiger partial charge in [0.2, 0.25) is 0 Å². The maximum Gasteiger partial charge on any atom is 0.295 e. The number of nitrogens with zero attached hydrogens (tertiary/aromatic N) is 1. The van der Waals surface area contributed by atoms with Gasteiger partial charge in [0.25, 0.3) is 5.91 Å². The van der Waals surface area contributed by atoms with Crippen molar-refractivity contribution >= 4 is 34.8 Å². The van der Waals surface area contributed by atoms with Gasteiger partial charge >= 0.3 is 0 Å². The molecule has 1 amide bonds. The van der Waals surface area contributed by atoms with Crippen LogP contribution in [0.15, 0.2) is 24.8 Å². The molecule has 1 heterocycles. The van der Waals surface area contributed by atoms with Gasteiger partial charge in [-0.05, 0) is 12.1 Å². The predicted octanol–water partition coefficient (Wildman–Crippen LogP) is 3.77. The molecule has 6 nitrogen and oxygen atoms in total. The number of anilines is 1. The number of amides is 1. The summed E-state index contributed by atoms with van der Waals surface area (Å²) < 4.78 is 34.0. The monoisotopic (exact) mass is 403 g/mol. The number of rotatable bonds is 6. The van der Waals surface area contributed by atoms with Crippen molar-refractivity contribution in [3.05, 3.63) is 52.2 Å². The van der Waals surface area contributed by atoms with Gasteiger partial charge in [0.05, 0.1) is 29.4 Å². The maximum atomic E-state index is 14.6. The lowest BCUT2D eigenvalue weighted by atomic mass is 10.1. The van der Waals surface area contributed by atoms with E-state index in [0.717, 1.165) is 0 Å². The highest BCUT2D eigenvalue weighted by atomic mass is 35.5. The number of carbonyl (C=O) groups excluding carboxylic acids is 1. The van der Waals surface area contributed by atoms with Crippen LogP contribution in [-0.2, 0) is 4.84 Å². The van der Waals surface area contributed by atoms with Crippen LogP contribution in [0.5, 0.6) is 5.75 Å². The molecule has 1 aromatic heterocycles. The Hall–Kier alpha value is -2.42. The molecule has 2 aromatic rings. The minimum Gasteiger partial charge on any atom is -0.492 e. The third-order valence-electron chi connectivity index (χ3n) is 3.20. The van der Waals surface area contributed by atoms with E-state index in [-0.39, 0.29) is 22.9 Å². The number of carbonyl (C=O) groups is 1. The summed E-state index contributed by atoms with van der Waals surface area (Å²) in [5.41, 5.74) is 5.78. The van der Waals surface area contributed by atoms with Gasteiger partial charge in [-0.1, -0.05) is 29.3 Å². The van der Waals surface area contributed by atoms with E-state index in [9.17, 15) is 13.6 Å². The summed E-state index contributed by atoms with van der Waals surface area (Å²) in [6, 6.07) is 2.46. The van der Waals surface area contributed by atoms with Crippen LogP contribution >= 0.6 is 23.2 Å². The van der Waals surface area contributed by atoms with Gasteiger partial charge in [-0.2, -0.15) is 0 Å². The SMILES string of the molecule is C=CCONC(=O)c1nc(-c2ccc(Cl)c(OC)c2F)c(F)c(N)c1Cl. The molecule has 0 spiro atoms. The van der Waals surface area contributed by atoms with E-state index in [1.165, 1.54) is 25.3 Å². The van der Waals surface area contributed by atoms with E-state index in [1.54, 1.807) is 0 Å². The zero-order valence-corrected chi connectivity index (χ0v) is 14.9. The molecule has 0 atom stereocenters. The molecule has 0 radical (unpaired) electrons. The molecule has 3 N–H and O–H groups in total. The Kier molecular flexibility index (Phi) is 6.36. The quantitative estimate of drug-likeness (QED) is 0.435. The molecular formula is C16H13Cl2F2N3O3. The Balaban J connectivity index is 2.60. The molecule has 1 aromatic carbocycles. The van der Waals surface area contributed by atoms with Crippen molar-refractivity contribution in [3.63, 3.8) is 0 Å². The minimum absolute atomic E-state index is 0.00983. The third kappa shape index (κ3) is 3.72.